The minimum absolute atomic E-state index is 0.00988. The zero-order chi connectivity index (χ0) is 18.6. The minimum Gasteiger partial charge on any atom is -0.383 e. The number of fused-ring (bicyclic) bond motifs is 1. The lowest BCUT2D eigenvalue weighted by atomic mass is 9.95. The quantitative estimate of drug-likeness (QED) is 0.726. The van der Waals surface area contributed by atoms with Crippen molar-refractivity contribution in [2.24, 2.45) is 0 Å². The second-order valence-corrected chi connectivity index (χ2v) is 7.20. The van der Waals surface area contributed by atoms with E-state index in [-0.39, 0.29) is 5.91 Å². The maximum Gasteiger partial charge on any atom is 0.253 e. The van der Waals surface area contributed by atoms with E-state index in [0.717, 1.165) is 36.3 Å². The molecule has 0 aromatic carbocycles. The predicted octanol–water partition coefficient (Wildman–Crippen LogP) is 3.51. The number of aromatic nitrogens is 3. The molecule has 1 fully saturated rings. The number of carbonyl (C=O) groups is 1. The lowest BCUT2D eigenvalue weighted by molar-refractivity contribution is 0.0929. The SMILES string of the molecule is COCCn1cnc(-c2cc(C(=O)NC3CCCCC3)c3ccccn23)c1. The molecule has 0 aliphatic heterocycles. The van der Waals surface area contributed by atoms with Gasteiger partial charge in [0.25, 0.3) is 5.91 Å². The van der Waals surface area contributed by atoms with E-state index in [1.807, 2.05) is 45.6 Å². The normalized spacial score (nSPS) is 15.3. The molecule has 0 radical (unpaired) electrons. The molecular formula is C21H26N4O2. The van der Waals surface area contributed by atoms with Crippen LogP contribution in [0.3, 0.4) is 0 Å². The summed E-state index contributed by atoms with van der Waals surface area (Å²) in [4.78, 5) is 17.5. The van der Waals surface area contributed by atoms with Crippen molar-refractivity contribution in [1.29, 1.82) is 0 Å². The first-order chi connectivity index (χ1) is 13.3. The standard InChI is InChI=1S/C21H26N4O2/c1-27-12-11-24-14-18(22-15-24)20-13-17(19-9-5-6-10-25(19)20)21(26)23-16-7-3-2-4-8-16/h5-6,9-10,13-16H,2-4,7-8,11-12H2,1H3,(H,23,26). The van der Waals surface area contributed by atoms with E-state index in [0.29, 0.717) is 18.2 Å². The molecule has 6 heteroatoms. The van der Waals surface area contributed by atoms with Crippen LogP contribution >= 0.6 is 0 Å². The number of hydrogen-bond donors (Lipinski definition) is 1. The average Bonchev–Trinajstić information content (AvgIpc) is 3.32. The number of ether oxygens (including phenoxy) is 1. The molecule has 0 atom stereocenters. The molecule has 27 heavy (non-hydrogen) atoms. The van der Waals surface area contributed by atoms with Crippen LogP contribution in [-0.4, -0.2) is 39.6 Å². The molecule has 3 aromatic rings. The van der Waals surface area contributed by atoms with Gasteiger partial charge >= 0.3 is 0 Å². The van der Waals surface area contributed by atoms with Crippen molar-refractivity contribution in [2.75, 3.05) is 13.7 Å². The summed E-state index contributed by atoms with van der Waals surface area (Å²) in [7, 11) is 1.69. The first-order valence-electron chi connectivity index (χ1n) is 9.68. The van der Waals surface area contributed by atoms with E-state index in [4.69, 9.17) is 4.74 Å². The molecule has 1 N–H and O–H groups in total. The molecule has 1 amide bonds. The maximum absolute atomic E-state index is 13.0. The van der Waals surface area contributed by atoms with E-state index in [1.165, 1.54) is 19.3 Å². The molecular weight excluding hydrogens is 340 g/mol. The molecule has 0 spiro atoms. The van der Waals surface area contributed by atoms with Gasteiger partial charge in [-0.05, 0) is 31.0 Å². The third-order valence-corrected chi connectivity index (χ3v) is 5.31. The number of nitrogens with one attached hydrogen (secondary N) is 1. The van der Waals surface area contributed by atoms with Crippen LogP contribution in [0, 0.1) is 0 Å². The van der Waals surface area contributed by atoms with Crippen LogP contribution in [0.15, 0.2) is 43.0 Å². The zero-order valence-corrected chi connectivity index (χ0v) is 15.7. The van der Waals surface area contributed by atoms with Crippen molar-refractivity contribution in [2.45, 2.75) is 44.7 Å². The topological polar surface area (TPSA) is 60.6 Å². The molecule has 0 unspecified atom stereocenters. The van der Waals surface area contributed by atoms with Crippen LogP contribution in [0.2, 0.25) is 0 Å². The number of methoxy groups -OCH3 is 1. The molecule has 1 saturated carbocycles. The number of imidazole rings is 1. The Hall–Kier alpha value is -2.60. The first kappa shape index (κ1) is 17.8. The Morgan fingerprint density at radius 3 is 2.96 bits per heavy atom. The Morgan fingerprint density at radius 2 is 2.15 bits per heavy atom. The molecule has 6 nitrogen and oxygen atoms in total. The van der Waals surface area contributed by atoms with Crippen LogP contribution in [0.25, 0.3) is 16.9 Å². The summed E-state index contributed by atoms with van der Waals surface area (Å²) in [5.41, 5.74) is 3.40. The highest BCUT2D eigenvalue weighted by Gasteiger charge is 2.21. The van der Waals surface area contributed by atoms with E-state index in [1.54, 1.807) is 13.4 Å². The van der Waals surface area contributed by atoms with Gasteiger partial charge in [-0.2, -0.15) is 0 Å². The number of hydrogen-bond acceptors (Lipinski definition) is 3. The highest BCUT2D eigenvalue weighted by Crippen LogP contribution is 2.26. The Bertz CT molecular complexity index is 921. The first-order valence-corrected chi connectivity index (χ1v) is 9.68. The van der Waals surface area contributed by atoms with Crippen molar-refractivity contribution < 1.29 is 9.53 Å². The summed E-state index contributed by atoms with van der Waals surface area (Å²) in [6, 6.07) is 8.17. The van der Waals surface area contributed by atoms with Crippen LogP contribution in [-0.2, 0) is 11.3 Å². The van der Waals surface area contributed by atoms with Crippen molar-refractivity contribution in [3.63, 3.8) is 0 Å². The van der Waals surface area contributed by atoms with Gasteiger partial charge < -0.3 is 19.0 Å². The fourth-order valence-electron chi connectivity index (χ4n) is 3.85. The molecule has 142 valence electrons. The monoisotopic (exact) mass is 366 g/mol. The van der Waals surface area contributed by atoms with Gasteiger partial charge in [-0.15, -0.1) is 0 Å². The number of rotatable bonds is 6. The van der Waals surface area contributed by atoms with Crippen molar-refractivity contribution >= 4 is 11.4 Å². The predicted molar refractivity (Wildman–Crippen MR) is 105 cm³/mol. The van der Waals surface area contributed by atoms with Crippen LogP contribution in [0.5, 0.6) is 0 Å². The largest absolute Gasteiger partial charge is 0.383 e. The van der Waals surface area contributed by atoms with E-state index in [2.05, 4.69) is 10.3 Å². The molecule has 4 rings (SSSR count). The second kappa shape index (κ2) is 7.96. The summed E-state index contributed by atoms with van der Waals surface area (Å²) in [6.07, 6.45) is 11.6. The number of carbonyl (C=O) groups excluding carboxylic acids is 1. The smallest absolute Gasteiger partial charge is 0.253 e. The van der Waals surface area contributed by atoms with Gasteiger partial charge in [0.15, 0.2) is 0 Å². The molecule has 0 bridgehead atoms. The highest BCUT2D eigenvalue weighted by atomic mass is 16.5. The average molecular weight is 366 g/mol. The lowest BCUT2D eigenvalue weighted by Gasteiger charge is -2.22. The molecule has 3 aromatic heterocycles. The number of amides is 1. The van der Waals surface area contributed by atoms with Crippen molar-refractivity contribution in [1.82, 2.24) is 19.3 Å². The van der Waals surface area contributed by atoms with Crippen LogP contribution < -0.4 is 5.32 Å². The Kier molecular flexibility index (Phi) is 5.25. The fourth-order valence-corrected chi connectivity index (χ4v) is 3.85. The number of nitrogens with zero attached hydrogens (tertiary/aromatic N) is 3. The molecule has 1 aliphatic carbocycles. The Labute approximate surface area is 159 Å². The van der Waals surface area contributed by atoms with E-state index < -0.39 is 0 Å². The Balaban J connectivity index is 1.64. The zero-order valence-electron chi connectivity index (χ0n) is 15.7. The van der Waals surface area contributed by atoms with Gasteiger partial charge in [0.2, 0.25) is 0 Å². The van der Waals surface area contributed by atoms with Gasteiger partial charge in [-0.1, -0.05) is 25.3 Å². The van der Waals surface area contributed by atoms with Gasteiger partial charge in [0.1, 0.15) is 5.69 Å². The van der Waals surface area contributed by atoms with Gasteiger partial charge in [0.05, 0.1) is 29.7 Å². The van der Waals surface area contributed by atoms with Gasteiger partial charge in [-0.3, -0.25) is 4.79 Å². The van der Waals surface area contributed by atoms with Crippen molar-refractivity contribution in [3.8, 4) is 11.4 Å². The lowest BCUT2D eigenvalue weighted by Crippen LogP contribution is -2.36. The van der Waals surface area contributed by atoms with Crippen molar-refractivity contribution in [3.05, 3.63) is 48.5 Å². The second-order valence-electron chi connectivity index (χ2n) is 7.20. The summed E-state index contributed by atoms with van der Waals surface area (Å²) in [6.45, 7) is 1.39. The fraction of sp³-hybridized carbons (Fsp3) is 0.429. The van der Waals surface area contributed by atoms with Gasteiger partial charge in [-0.25, -0.2) is 4.98 Å². The third kappa shape index (κ3) is 3.76. The molecule has 0 saturated heterocycles. The third-order valence-electron chi connectivity index (χ3n) is 5.31. The molecule has 1 aliphatic rings. The van der Waals surface area contributed by atoms with E-state index >= 15 is 0 Å². The summed E-state index contributed by atoms with van der Waals surface area (Å²) in [5.74, 6) is 0.00988. The Morgan fingerprint density at radius 1 is 1.30 bits per heavy atom. The van der Waals surface area contributed by atoms with Gasteiger partial charge in [0, 0.05) is 32.1 Å². The van der Waals surface area contributed by atoms with E-state index in [9.17, 15) is 4.79 Å². The summed E-state index contributed by atoms with van der Waals surface area (Å²) >= 11 is 0. The highest BCUT2D eigenvalue weighted by molar-refractivity contribution is 6.02. The van der Waals surface area contributed by atoms with Crippen LogP contribution in [0.4, 0.5) is 0 Å². The molecule has 3 heterocycles. The number of pyridine rings is 1. The summed E-state index contributed by atoms with van der Waals surface area (Å²) in [5, 5.41) is 3.23. The summed E-state index contributed by atoms with van der Waals surface area (Å²) < 4.78 is 9.18. The maximum atomic E-state index is 13.0. The minimum atomic E-state index is 0.00988. The van der Waals surface area contributed by atoms with Crippen LogP contribution in [0.1, 0.15) is 42.5 Å².